The number of carboxylic acids is 1. The second kappa shape index (κ2) is 4.16. The second-order valence-electron chi connectivity index (χ2n) is 4.23. The van der Waals surface area contributed by atoms with Gasteiger partial charge < -0.3 is 5.11 Å². The summed E-state index contributed by atoms with van der Waals surface area (Å²) in [4.78, 5) is 10.7. The Morgan fingerprint density at radius 1 is 1.26 bits per heavy atom. The van der Waals surface area contributed by atoms with E-state index in [1.807, 2.05) is 19.1 Å². The zero-order chi connectivity index (χ0) is 13.4. The summed E-state index contributed by atoms with van der Waals surface area (Å²) in [7, 11) is 0. The number of aromatic carboxylic acids is 1. The standard InChI is InChI=1S/C13H10N4O2/c1-7-4-8-6-14-15-12(8)5-9(7)10-2-3-11(13(18)19)17-16-10/h2-6H,1H3,(H,14,15)(H,18,19). The van der Waals surface area contributed by atoms with Crippen LogP contribution in [0.2, 0.25) is 0 Å². The second-order valence-corrected chi connectivity index (χ2v) is 4.23. The number of fused-ring (bicyclic) bond motifs is 1. The van der Waals surface area contributed by atoms with Gasteiger partial charge in [-0.05, 0) is 36.8 Å². The van der Waals surface area contributed by atoms with Crippen molar-refractivity contribution in [2.75, 3.05) is 0 Å². The molecule has 2 aromatic heterocycles. The molecule has 0 aliphatic carbocycles. The largest absolute Gasteiger partial charge is 0.476 e. The van der Waals surface area contributed by atoms with Crippen molar-refractivity contribution in [3.05, 3.63) is 41.7 Å². The molecule has 0 fully saturated rings. The van der Waals surface area contributed by atoms with Crippen LogP contribution in [0.3, 0.4) is 0 Å². The highest BCUT2D eigenvalue weighted by atomic mass is 16.4. The van der Waals surface area contributed by atoms with E-state index in [9.17, 15) is 4.79 Å². The number of nitrogens with zero attached hydrogens (tertiary/aromatic N) is 3. The molecular formula is C13H10N4O2. The van der Waals surface area contributed by atoms with E-state index in [0.29, 0.717) is 5.69 Å². The van der Waals surface area contributed by atoms with Gasteiger partial charge in [0.15, 0.2) is 5.69 Å². The molecule has 1 aromatic carbocycles. The Labute approximate surface area is 108 Å². The Kier molecular flexibility index (Phi) is 2.49. The first-order valence-corrected chi connectivity index (χ1v) is 5.66. The molecule has 0 unspecified atom stereocenters. The van der Waals surface area contributed by atoms with Crippen LogP contribution >= 0.6 is 0 Å². The molecule has 0 saturated carbocycles. The molecule has 0 atom stereocenters. The molecule has 2 heterocycles. The molecule has 0 bridgehead atoms. The number of hydrogen-bond acceptors (Lipinski definition) is 4. The molecule has 0 aliphatic heterocycles. The Morgan fingerprint density at radius 3 is 2.79 bits per heavy atom. The van der Waals surface area contributed by atoms with Crippen molar-refractivity contribution >= 4 is 16.9 Å². The number of H-pyrrole nitrogens is 1. The number of aryl methyl sites for hydroxylation is 1. The molecule has 0 aliphatic rings. The van der Waals surface area contributed by atoms with Crippen LogP contribution in [0.1, 0.15) is 16.1 Å². The molecule has 3 aromatic rings. The third kappa shape index (κ3) is 1.93. The van der Waals surface area contributed by atoms with Crippen molar-refractivity contribution < 1.29 is 9.90 Å². The lowest BCUT2D eigenvalue weighted by atomic mass is 10.0. The summed E-state index contributed by atoms with van der Waals surface area (Å²) < 4.78 is 0. The fourth-order valence-corrected chi connectivity index (χ4v) is 1.97. The quantitative estimate of drug-likeness (QED) is 0.730. The summed E-state index contributed by atoms with van der Waals surface area (Å²) in [6, 6.07) is 7.03. The fourth-order valence-electron chi connectivity index (χ4n) is 1.97. The molecule has 0 saturated heterocycles. The predicted octanol–water partition coefficient (Wildman–Crippen LogP) is 2.03. The summed E-state index contributed by atoms with van der Waals surface area (Å²) in [5.41, 5.74) is 3.42. The third-order valence-electron chi connectivity index (χ3n) is 2.94. The van der Waals surface area contributed by atoms with Crippen LogP contribution in [0.25, 0.3) is 22.2 Å². The van der Waals surface area contributed by atoms with E-state index in [0.717, 1.165) is 22.0 Å². The molecule has 0 radical (unpaired) electrons. The van der Waals surface area contributed by atoms with E-state index in [1.54, 1.807) is 12.3 Å². The molecule has 19 heavy (non-hydrogen) atoms. The van der Waals surface area contributed by atoms with Crippen LogP contribution in [0, 0.1) is 6.92 Å². The number of nitrogens with one attached hydrogen (secondary N) is 1. The highest BCUT2D eigenvalue weighted by molar-refractivity contribution is 5.87. The van der Waals surface area contributed by atoms with Gasteiger partial charge in [-0.2, -0.15) is 5.10 Å². The third-order valence-corrected chi connectivity index (χ3v) is 2.94. The Hall–Kier alpha value is -2.76. The normalized spacial score (nSPS) is 10.8. The van der Waals surface area contributed by atoms with E-state index < -0.39 is 5.97 Å². The summed E-state index contributed by atoms with van der Waals surface area (Å²) in [5.74, 6) is -1.08. The number of rotatable bonds is 2. The topological polar surface area (TPSA) is 91.8 Å². The number of aromatic nitrogens is 4. The van der Waals surface area contributed by atoms with Crippen molar-refractivity contribution in [3.63, 3.8) is 0 Å². The van der Waals surface area contributed by atoms with Crippen molar-refractivity contribution in [1.29, 1.82) is 0 Å². The van der Waals surface area contributed by atoms with Crippen molar-refractivity contribution in [3.8, 4) is 11.3 Å². The number of hydrogen-bond donors (Lipinski definition) is 2. The van der Waals surface area contributed by atoms with Crippen molar-refractivity contribution in [2.24, 2.45) is 0 Å². The number of benzene rings is 1. The summed E-state index contributed by atoms with van der Waals surface area (Å²) in [6.07, 6.45) is 1.76. The van der Waals surface area contributed by atoms with Crippen molar-refractivity contribution in [2.45, 2.75) is 6.92 Å². The first kappa shape index (κ1) is 11.3. The molecule has 6 nitrogen and oxygen atoms in total. The lowest BCUT2D eigenvalue weighted by Crippen LogP contribution is -2.02. The van der Waals surface area contributed by atoms with Crippen LogP contribution in [0.5, 0.6) is 0 Å². The zero-order valence-corrected chi connectivity index (χ0v) is 10.1. The molecule has 2 N–H and O–H groups in total. The smallest absolute Gasteiger partial charge is 0.356 e. The zero-order valence-electron chi connectivity index (χ0n) is 10.1. The van der Waals surface area contributed by atoms with E-state index in [-0.39, 0.29) is 5.69 Å². The highest BCUT2D eigenvalue weighted by Crippen LogP contribution is 2.25. The Morgan fingerprint density at radius 2 is 2.11 bits per heavy atom. The lowest BCUT2D eigenvalue weighted by Gasteiger charge is -2.05. The maximum absolute atomic E-state index is 10.7. The minimum absolute atomic E-state index is 0.0657. The molecule has 94 valence electrons. The number of carboxylic acid groups (broad SMARTS) is 1. The SMILES string of the molecule is Cc1cc2cn[nH]c2cc1-c1ccc(C(=O)O)nn1. The van der Waals surface area contributed by atoms with Crippen molar-refractivity contribution in [1.82, 2.24) is 20.4 Å². The van der Waals surface area contributed by atoms with Gasteiger partial charge in [0.25, 0.3) is 0 Å². The van der Waals surface area contributed by atoms with Crippen LogP contribution in [0.15, 0.2) is 30.5 Å². The van der Waals surface area contributed by atoms with E-state index >= 15 is 0 Å². The van der Waals surface area contributed by atoms with Gasteiger partial charge in [0, 0.05) is 10.9 Å². The van der Waals surface area contributed by atoms with Crippen LogP contribution < -0.4 is 0 Å². The van der Waals surface area contributed by atoms with Gasteiger partial charge in [0.2, 0.25) is 0 Å². The van der Waals surface area contributed by atoms with Gasteiger partial charge in [-0.3, -0.25) is 5.10 Å². The summed E-state index contributed by atoms with van der Waals surface area (Å²) >= 11 is 0. The van der Waals surface area contributed by atoms with E-state index in [1.165, 1.54) is 6.07 Å². The van der Waals surface area contributed by atoms with Crippen LogP contribution in [-0.2, 0) is 0 Å². The minimum atomic E-state index is -1.08. The minimum Gasteiger partial charge on any atom is -0.476 e. The Bertz CT molecular complexity index is 762. The van der Waals surface area contributed by atoms with Gasteiger partial charge in [-0.25, -0.2) is 4.79 Å². The number of aromatic amines is 1. The predicted molar refractivity (Wildman–Crippen MR) is 68.8 cm³/mol. The maximum Gasteiger partial charge on any atom is 0.356 e. The number of carbonyl (C=O) groups is 1. The van der Waals surface area contributed by atoms with Gasteiger partial charge in [0.05, 0.1) is 17.4 Å². The molecule has 0 spiro atoms. The molecule has 0 amide bonds. The average Bonchev–Trinajstić information content (AvgIpc) is 2.85. The first-order valence-electron chi connectivity index (χ1n) is 5.66. The van der Waals surface area contributed by atoms with Gasteiger partial charge >= 0.3 is 5.97 Å². The van der Waals surface area contributed by atoms with Crippen LogP contribution in [0.4, 0.5) is 0 Å². The maximum atomic E-state index is 10.7. The highest BCUT2D eigenvalue weighted by Gasteiger charge is 2.09. The van der Waals surface area contributed by atoms with Gasteiger partial charge in [-0.1, -0.05) is 0 Å². The average molecular weight is 254 g/mol. The Balaban J connectivity index is 2.12. The first-order chi connectivity index (χ1) is 9.15. The fraction of sp³-hybridized carbons (Fsp3) is 0.0769. The van der Waals surface area contributed by atoms with E-state index in [2.05, 4.69) is 20.4 Å². The van der Waals surface area contributed by atoms with Gasteiger partial charge in [0.1, 0.15) is 0 Å². The monoisotopic (exact) mass is 254 g/mol. The summed E-state index contributed by atoms with van der Waals surface area (Å²) in [6.45, 7) is 1.97. The molecule has 6 heteroatoms. The molecular weight excluding hydrogens is 244 g/mol. The molecule has 3 rings (SSSR count). The van der Waals surface area contributed by atoms with Gasteiger partial charge in [-0.15, -0.1) is 10.2 Å². The summed E-state index contributed by atoms with van der Waals surface area (Å²) in [5, 5.41) is 24.3. The lowest BCUT2D eigenvalue weighted by molar-refractivity contribution is 0.0689. The van der Waals surface area contributed by atoms with Crippen LogP contribution in [-0.4, -0.2) is 31.5 Å². The van der Waals surface area contributed by atoms with E-state index in [4.69, 9.17) is 5.11 Å².